The maximum Gasteiger partial charge on any atom is 0.276 e. The first-order chi connectivity index (χ1) is 12.5. The third-order valence-corrected chi connectivity index (χ3v) is 4.96. The van der Waals surface area contributed by atoms with Crippen LogP contribution in [-0.2, 0) is 13.1 Å². The standard InChI is InChI=1S/C19H25ClN4O2/c1-3-23-7-9-24(10-8-23)14-17-12-18(21-26-17)19(25)22(2)13-15-5-4-6-16(20)11-15/h4-6,11-12H,3,7-10,13-14H2,1-2H3. The molecule has 1 amide bonds. The largest absolute Gasteiger partial charge is 0.359 e. The number of nitrogens with zero attached hydrogens (tertiary/aromatic N) is 4. The molecule has 0 bridgehead atoms. The average Bonchev–Trinajstić information content (AvgIpc) is 3.10. The molecule has 1 aromatic heterocycles. The molecule has 6 nitrogen and oxygen atoms in total. The normalized spacial score (nSPS) is 16.0. The maximum atomic E-state index is 12.6. The van der Waals surface area contributed by atoms with E-state index in [9.17, 15) is 4.79 Å². The van der Waals surface area contributed by atoms with Crippen molar-refractivity contribution in [3.05, 3.63) is 52.4 Å². The van der Waals surface area contributed by atoms with Crippen LogP contribution in [0.4, 0.5) is 0 Å². The monoisotopic (exact) mass is 376 g/mol. The van der Waals surface area contributed by atoms with Gasteiger partial charge in [-0.1, -0.05) is 35.8 Å². The van der Waals surface area contributed by atoms with Crippen LogP contribution in [0.1, 0.15) is 28.7 Å². The van der Waals surface area contributed by atoms with Crippen molar-refractivity contribution >= 4 is 17.5 Å². The Hall–Kier alpha value is -1.89. The zero-order chi connectivity index (χ0) is 18.5. The molecule has 1 aromatic carbocycles. The van der Waals surface area contributed by atoms with E-state index in [0.717, 1.165) is 44.0 Å². The van der Waals surface area contributed by atoms with Gasteiger partial charge < -0.3 is 14.3 Å². The third-order valence-electron chi connectivity index (χ3n) is 4.73. The average molecular weight is 377 g/mol. The Morgan fingerprint density at radius 3 is 2.65 bits per heavy atom. The van der Waals surface area contributed by atoms with Crippen LogP contribution in [0.2, 0.25) is 5.02 Å². The number of carbonyl (C=O) groups excluding carboxylic acids is 1. The Balaban J connectivity index is 1.55. The second-order valence-electron chi connectivity index (χ2n) is 6.68. The van der Waals surface area contributed by atoms with Gasteiger partial charge in [0.2, 0.25) is 0 Å². The fourth-order valence-corrected chi connectivity index (χ4v) is 3.36. The van der Waals surface area contributed by atoms with Gasteiger partial charge >= 0.3 is 0 Å². The SMILES string of the molecule is CCN1CCN(Cc2cc(C(=O)N(C)Cc3cccc(Cl)c3)no2)CC1. The number of benzene rings is 1. The van der Waals surface area contributed by atoms with Gasteiger partial charge in [-0.2, -0.15) is 0 Å². The fraction of sp³-hybridized carbons (Fsp3) is 0.474. The molecule has 7 heteroatoms. The Bertz CT molecular complexity index is 741. The Morgan fingerprint density at radius 1 is 1.23 bits per heavy atom. The molecule has 140 valence electrons. The van der Waals surface area contributed by atoms with Crippen LogP contribution >= 0.6 is 11.6 Å². The van der Waals surface area contributed by atoms with E-state index in [-0.39, 0.29) is 5.91 Å². The van der Waals surface area contributed by atoms with E-state index in [2.05, 4.69) is 21.9 Å². The smallest absolute Gasteiger partial charge is 0.276 e. The van der Waals surface area contributed by atoms with Crippen LogP contribution in [0.3, 0.4) is 0 Å². The summed E-state index contributed by atoms with van der Waals surface area (Å²) in [6, 6.07) is 9.25. The van der Waals surface area contributed by atoms with E-state index >= 15 is 0 Å². The van der Waals surface area contributed by atoms with Crippen LogP contribution < -0.4 is 0 Å². The third kappa shape index (κ3) is 4.84. The summed E-state index contributed by atoms with van der Waals surface area (Å²) in [6.07, 6.45) is 0. The number of carbonyl (C=O) groups is 1. The molecule has 1 aliphatic heterocycles. The molecule has 0 saturated carbocycles. The first-order valence-corrected chi connectivity index (χ1v) is 9.33. The lowest BCUT2D eigenvalue weighted by atomic mass is 10.2. The summed E-state index contributed by atoms with van der Waals surface area (Å²) in [5, 5.41) is 4.63. The summed E-state index contributed by atoms with van der Waals surface area (Å²) in [5.41, 5.74) is 1.32. The predicted molar refractivity (Wildman–Crippen MR) is 101 cm³/mol. The van der Waals surface area contributed by atoms with Crippen LogP contribution in [0.25, 0.3) is 0 Å². The zero-order valence-electron chi connectivity index (χ0n) is 15.3. The van der Waals surface area contributed by atoms with Crippen molar-refractivity contribution in [2.45, 2.75) is 20.0 Å². The van der Waals surface area contributed by atoms with E-state index in [0.29, 0.717) is 23.8 Å². The Morgan fingerprint density at radius 2 is 1.96 bits per heavy atom. The number of halogens is 1. The van der Waals surface area contributed by atoms with Gasteiger partial charge in [-0.05, 0) is 24.2 Å². The van der Waals surface area contributed by atoms with Crippen molar-refractivity contribution in [3.63, 3.8) is 0 Å². The molecule has 0 spiro atoms. The second kappa shape index (κ2) is 8.66. The van der Waals surface area contributed by atoms with Crippen LogP contribution in [-0.4, -0.2) is 65.5 Å². The molecule has 26 heavy (non-hydrogen) atoms. The van der Waals surface area contributed by atoms with Gasteiger partial charge in [0.1, 0.15) is 0 Å². The van der Waals surface area contributed by atoms with Gasteiger partial charge in [-0.15, -0.1) is 0 Å². The van der Waals surface area contributed by atoms with E-state index < -0.39 is 0 Å². The molecule has 2 heterocycles. The number of amides is 1. The number of hydrogen-bond acceptors (Lipinski definition) is 5. The highest BCUT2D eigenvalue weighted by Crippen LogP contribution is 2.15. The molecular formula is C19H25ClN4O2. The molecule has 1 saturated heterocycles. The quantitative estimate of drug-likeness (QED) is 0.775. The Labute approximate surface area is 159 Å². The minimum absolute atomic E-state index is 0.157. The van der Waals surface area contributed by atoms with Crippen LogP contribution in [0, 0.1) is 0 Å². The summed E-state index contributed by atoms with van der Waals surface area (Å²) in [7, 11) is 1.75. The summed E-state index contributed by atoms with van der Waals surface area (Å²) < 4.78 is 5.39. The Kier molecular flexibility index (Phi) is 6.29. The van der Waals surface area contributed by atoms with Gasteiger partial charge in [0, 0.05) is 50.9 Å². The van der Waals surface area contributed by atoms with Gasteiger partial charge in [0.05, 0.1) is 6.54 Å². The summed E-state index contributed by atoms with van der Waals surface area (Å²) in [5.74, 6) is 0.574. The lowest BCUT2D eigenvalue weighted by molar-refractivity contribution is 0.0774. The maximum absolute atomic E-state index is 12.6. The number of piperazine rings is 1. The first-order valence-electron chi connectivity index (χ1n) is 8.95. The number of rotatable bonds is 6. The van der Waals surface area contributed by atoms with Crippen LogP contribution in [0.5, 0.6) is 0 Å². The minimum Gasteiger partial charge on any atom is -0.359 e. The molecule has 0 unspecified atom stereocenters. The predicted octanol–water partition coefficient (Wildman–Crippen LogP) is 2.74. The van der Waals surface area contributed by atoms with E-state index in [4.69, 9.17) is 16.1 Å². The first kappa shape index (κ1) is 18.9. The highest BCUT2D eigenvalue weighted by atomic mass is 35.5. The topological polar surface area (TPSA) is 52.8 Å². The molecule has 0 aliphatic carbocycles. The molecule has 2 aromatic rings. The second-order valence-corrected chi connectivity index (χ2v) is 7.12. The number of likely N-dealkylation sites (N-methyl/N-ethyl adjacent to an activating group) is 1. The van der Waals surface area contributed by atoms with E-state index in [1.165, 1.54) is 0 Å². The molecule has 1 fully saturated rings. The van der Waals surface area contributed by atoms with Crippen molar-refractivity contribution in [1.29, 1.82) is 0 Å². The molecular weight excluding hydrogens is 352 g/mol. The lowest BCUT2D eigenvalue weighted by Crippen LogP contribution is -2.45. The number of aromatic nitrogens is 1. The number of hydrogen-bond donors (Lipinski definition) is 0. The van der Waals surface area contributed by atoms with Gasteiger partial charge in [0.25, 0.3) is 5.91 Å². The molecule has 0 N–H and O–H groups in total. The minimum atomic E-state index is -0.157. The zero-order valence-corrected chi connectivity index (χ0v) is 16.1. The lowest BCUT2D eigenvalue weighted by Gasteiger charge is -2.33. The molecule has 0 atom stereocenters. The highest BCUT2D eigenvalue weighted by molar-refractivity contribution is 6.30. The van der Waals surface area contributed by atoms with E-state index in [1.807, 2.05) is 24.3 Å². The van der Waals surface area contributed by atoms with Gasteiger partial charge in [-0.3, -0.25) is 9.69 Å². The summed E-state index contributed by atoms with van der Waals surface area (Å²) in [4.78, 5) is 18.9. The van der Waals surface area contributed by atoms with Crippen molar-refractivity contribution in [2.75, 3.05) is 39.8 Å². The van der Waals surface area contributed by atoms with Crippen molar-refractivity contribution in [3.8, 4) is 0 Å². The van der Waals surface area contributed by atoms with Crippen molar-refractivity contribution in [2.24, 2.45) is 0 Å². The molecule has 1 aliphatic rings. The van der Waals surface area contributed by atoms with E-state index in [1.54, 1.807) is 18.0 Å². The highest BCUT2D eigenvalue weighted by Gasteiger charge is 2.20. The molecule has 0 radical (unpaired) electrons. The van der Waals surface area contributed by atoms with Crippen molar-refractivity contribution in [1.82, 2.24) is 19.9 Å². The molecule has 3 rings (SSSR count). The van der Waals surface area contributed by atoms with Gasteiger partial charge in [-0.25, -0.2) is 0 Å². The fourth-order valence-electron chi connectivity index (χ4n) is 3.15. The van der Waals surface area contributed by atoms with Crippen LogP contribution in [0.15, 0.2) is 34.9 Å². The van der Waals surface area contributed by atoms with Crippen molar-refractivity contribution < 1.29 is 9.32 Å². The summed E-state index contributed by atoms with van der Waals surface area (Å²) >= 11 is 6.00. The van der Waals surface area contributed by atoms with Gasteiger partial charge in [0.15, 0.2) is 11.5 Å². The summed E-state index contributed by atoms with van der Waals surface area (Å²) in [6.45, 7) is 8.59.